The van der Waals surface area contributed by atoms with Gasteiger partial charge in [0.15, 0.2) is 0 Å². The molecule has 4 N–H and O–H groups in total. The first kappa shape index (κ1) is 20.1. The fourth-order valence-electron chi connectivity index (χ4n) is 2.39. The van der Waals surface area contributed by atoms with Crippen molar-refractivity contribution in [3.63, 3.8) is 0 Å². The lowest BCUT2D eigenvalue weighted by Crippen LogP contribution is -2.51. The number of carbonyl (C=O) groups is 2. The van der Waals surface area contributed by atoms with E-state index < -0.39 is 6.04 Å². The SMILES string of the molecule is COC1CCCCC1NC(=O)CNC(=O)[C@@H](N)C(C)C.Cl. The fraction of sp³-hybridized carbons (Fsp3) is 0.857. The molecule has 1 fully saturated rings. The quantitative estimate of drug-likeness (QED) is 0.667. The molecule has 0 aromatic carbocycles. The molecule has 0 bridgehead atoms. The third kappa shape index (κ3) is 6.63. The minimum absolute atomic E-state index is 0. The number of halogens is 1. The van der Waals surface area contributed by atoms with Crippen LogP contribution in [0.25, 0.3) is 0 Å². The molecule has 2 unspecified atom stereocenters. The number of amides is 2. The molecular formula is C14H28ClN3O3. The largest absolute Gasteiger partial charge is 0.379 e. The maximum atomic E-state index is 11.8. The van der Waals surface area contributed by atoms with Crippen LogP contribution in [0.1, 0.15) is 39.5 Å². The van der Waals surface area contributed by atoms with Gasteiger partial charge in [0.2, 0.25) is 11.8 Å². The number of nitrogens with two attached hydrogens (primary N) is 1. The number of rotatable bonds is 6. The van der Waals surface area contributed by atoms with Crippen molar-refractivity contribution >= 4 is 24.2 Å². The molecule has 6 nitrogen and oxygen atoms in total. The van der Waals surface area contributed by atoms with Gasteiger partial charge in [0, 0.05) is 7.11 Å². The number of hydrogen-bond acceptors (Lipinski definition) is 4. The lowest BCUT2D eigenvalue weighted by atomic mass is 9.92. The number of methoxy groups -OCH3 is 1. The van der Waals surface area contributed by atoms with Gasteiger partial charge >= 0.3 is 0 Å². The smallest absolute Gasteiger partial charge is 0.239 e. The van der Waals surface area contributed by atoms with E-state index in [1.165, 1.54) is 0 Å². The standard InChI is InChI=1S/C14H27N3O3.ClH/c1-9(2)13(15)14(19)16-8-12(18)17-10-6-4-5-7-11(10)20-3;/h9-11,13H,4-8,15H2,1-3H3,(H,16,19)(H,17,18);1H/t10?,11?,13-;/m0./s1. The number of nitrogens with one attached hydrogen (secondary N) is 2. The molecule has 0 saturated heterocycles. The monoisotopic (exact) mass is 321 g/mol. The van der Waals surface area contributed by atoms with Crippen molar-refractivity contribution in [2.75, 3.05) is 13.7 Å². The summed E-state index contributed by atoms with van der Waals surface area (Å²) in [5.74, 6) is -0.431. The molecule has 1 aliphatic rings. The lowest BCUT2D eigenvalue weighted by Gasteiger charge is -2.31. The van der Waals surface area contributed by atoms with Crippen LogP contribution in [0, 0.1) is 5.92 Å². The van der Waals surface area contributed by atoms with E-state index in [1.807, 2.05) is 13.8 Å². The van der Waals surface area contributed by atoms with Crippen molar-refractivity contribution in [3.8, 4) is 0 Å². The second-order valence-electron chi connectivity index (χ2n) is 5.72. The predicted molar refractivity (Wildman–Crippen MR) is 84.3 cm³/mol. The van der Waals surface area contributed by atoms with E-state index in [-0.39, 0.29) is 48.8 Å². The highest BCUT2D eigenvalue weighted by Crippen LogP contribution is 2.20. The van der Waals surface area contributed by atoms with Gasteiger partial charge in [-0.25, -0.2) is 0 Å². The van der Waals surface area contributed by atoms with Gasteiger partial charge in [-0.2, -0.15) is 0 Å². The maximum Gasteiger partial charge on any atom is 0.239 e. The summed E-state index contributed by atoms with van der Waals surface area (Å²) < 4.78 is 5.38. The van der Waals surface area contributed by atoms with Crippen LogP contribution in [0.3, 0.4) is 0 Å². The van der Waals surface area contributed by atoms with Crippen LogP contribution in [0.2, 0.25) is 0 Å². The normalized spacial score (nSPS) is 23.1. The molecular weight excluding hydrogens is 294 g/mol. The van der Waals surface area contributed by atoms with Crippen LogP contribution in [-0.2, 0) is 14.3 Å². The molecule has 7 heteroatoms. The summed E-state index contributed by atoms with van der Waals surface area (Å²) >= 11 is 0. The first-order chi connectivity index (χ1) is 9.45. The van der Waals surface area contributed by atoms with Crippen LogP contribution in [-0.4, -0.2) is 43.7 Å². The van der Waals surface area contributed by atoms with Crippen LogP contribution in [0.4, 0.5) is 0 Å². The topological polar surface area (TPSA) is 93.5 Å². The Labute approximate surface area is 133 Å². The molecule has 3 atom stereocenters. The van der Waals surface area contributed by atoms with Crippen molar-refractivity contribution in [1.29, 1.82) is 0 Å². The average molecular weight is 322 g/mol. The summed E-state index contributed by atoms with van der Waals surface area (Å²) in [6.45, 7) is 3.71. The average Bonchev–Trinajstić information content (AvgIpc) is 2.44. The third-order valence-electron chi connectivity index (χ3n) is 3.80. The highest BCUT2D eigenvalue weighted by Gasteiger charge is 2.26. The molecule has 1 aliphatic carbocycles. The molecule has 0 aliphatic heterocycles. The van der Waals surface area contributed by atoms with Gasteiger partial charge in [-0.3, -0.25) is 9.59 Å². The van der Waals surface area contributed by atoms with Crippen molar-refractivity contribution in [3.05, 3.63) is 0 Å². The van der Waals surface area contributed by atoms with E-state index in [9.17, 15) is 9.59 Å². The van der Waals surface area contributed by atoms with E-state index in [4.69, 9.17) is 10.5 Å². The summed E-state index contributed by atoms with van der Waals surface area (Å²) in [7, 11) is 1.67. The Kier molecular flexibility index (Phi) is 9.57. The summed E-state index contributed by atoms with van der Waals surface area (Å²) in [5.41, 5.74) is 5.71. The second kappa shape index (κ2) is 9.97. The van der Waals surface area contributed by atoms with E-state index in [0.29, 0.717) is 0 Å². The Balaban J connectivity index is 0.00000400. The zero-order valence-corrected chi connectivity index (χ0v) is 13.9. The number of carbonyl (C=O) groups excluding carboxylic acids is 2. The van der Waals surface area contributed by atoms with Gasteiger partial charge in [0.1, 0.15) is 0 Å². The summed E-state index contributed by atoms with van der Waals surface area (Å²) in [4.78, 5) is 23.5. The highest BCUT2D eigenvalue weighted by atomic mass is 35.5. The summed E-state index contributed by atoms with van der Waals surface area (Å²) in [6, 6.07) is -0.541. The Hall–Kier alpha value is -0.850. The molecule has 21 heavy (non-hydrogen) atoms. The van der Waals surface area contributed by atoms with Crippen molar-refractivity contribution in [1.82, 2.24) is 10.6 Å². The fourth-order valence-corrected chi connectivity index (χ4v) is 2.39. The molecule has 0 radical (unpaired) electrons. The van der Waals surface area contributed by atoms with Gasteiger partial charge in [0.25, 0.3) is 0 Å². The minimum atomic E-state index is -0.579. The zero-order valence-electron chi connectivity index (χ0n) is 13.1. The molecule has 0 heterocycles. The third-order valence-corrected chi connectivity index (χ3v) is 3.80. The van der Waals surface area contributed by atoms with Gasteiger partial charge in [-0.15, -0.1) is 12.4 Å². The van der Waals surface area contributed by atoms with Gasteiger partial charge in [0.05, 0.1) is 24.7 Å². The minimum Gasteiger partial charge on any atom is -0.379 e. The van der Waals surface area contributed by atoms with Gasteiger partial charge in [-0.1, -0.05) is 26.7 Å². The van der Waals surface area contributed by atoms with Gasteiger partial charge < -0.3 is 21.1 Å². The molecule has 1 rings (SSSR count). The second-order valence-corrected chi connectivity index (χ2v) is 5.72. The van der Waals surface area contributed by atoms with Crippen LogP contribution in [0.15, 0.2) is 0 Å². The Bertz CT molecular complexity index is 339. The van der Waals surface area contributed by atoms with E-state index >= 15 is 0 Å². The Morgan fingerprint density at radius 2 is 1.90 bits per heavy atom. The van der Waals surface area contributed by atoms with Crippen molar-refractivity contribution in [2.45, 2.75) is 57.7 Å². The van der Waals surface area contributed by atoms with Crippen molar-refractivity contribution in [2.24, 2.45) is 11.7 Å². The molecule has 0 aromatic heterocycles. The van der Waals surface area contributed by atoms with E-state index in [2.05, 4.69) is 10.6 Å². The Morgan fingerprint density at radius 3 is 2.48 bits per heavy atom. The summed E-state index contributed by atoms with van der Waals surface area (Å²) in [6.07, 6.45) is 4.18. The zero-order chi connectivity index (χ0) is 15.1. The maximum absolute atomic E-state index is 11.8. The molecule has 2 amide bonds. The molecule has 1 saturated carbocycles. The molecule has 0 spiro atoms. The van der Waals surface area contributed by atoms with Gasteiger partial charge in [-0.05, 0) is 18.8 Å². The van der Waals surface area contributed by atoms with Crippen molar-refractivity contribution < 1.29 is 14.3 Å². The van der Waals surface area contributed by atoms with E-state index in [0.717, 1.165) is 25.7 Å². The van der Waals surface area contributed by atoms with Crippen LogP contribution in [0.5, 0.6) is 0 Å². The Morgan fingerprint density at radius 1 is 1.29 bits per heavy atom. The van der Waals surface area contributed by atoms with Crippen LogP contribution >= 0.6 is 12.4 Å². The summed E-state index contributed by atoms with van der Waals surface area (Å²) in [5, 5.41) is 5.49. The van der Waals surface area contributed by atoms with E-state index in [1.54, 1.807) is 7.11 Å². The molecule has 0 aromatic rings. The lowest BCUT2D eigenvalue weighted by molar-refractivity contribution is -0.128. The first-order valence-corrected chi connectivity index (χ1v) is 7.31. The number of hydrogen-bond donors (Lipinski definition) is 3. The molecule has 124 valence electrons. The van der Waals surface area contributed by atoms with Crippen LogP contribution < -0.4 is 16.4 Å². The predicted octanol–water partition coefficient (Wildman–Crippen LogP) is 0.582. The highest BCUT2D eigenvalue weighted by molar-refractivity contribution is 5.87. The first-order valence-electron chi connectivity index (χ1n) is 7.31. The number of ether oxygens (including phenoxy) is 1.